The number of rotatable bonds is 6. The SMILES string of the molecule is CCOCO[C@@H](C(C)C)[C@H]1CCC[C@H]2[C@@H]1[Si]2(C(C)(C)C)C(C)(C)C. The summed E-state index contributed by atoms with van der Waals surface area (Å²) in [5.41, 5.74) is 1.95. The van der Waals surface area contributed by atoms with E-state index in [-0.39, 0.29) is 0 Å². The standard InChI is InChI=1S/C21H42O2Si/c1-10-22-14-23-18(15(2)3)16-12-11-13-17-19(16)24(17,20(4,5)6)21(7,8)9/h15-19H,10-14H2,1-9H3/t16-,17+,18+,19-/m1/s1. The summed E-state index contributed by atoms with van der Waals surface area (Å²) in [7, 11) is -1.39. The molecule has 0 spiro atoms. The van der Waals surface area contributed by atoms with Gasteiger partial charge in [0.15, 0.2) is 0 Å². The second kappa shape index (κ2) is 7.04. The molecule has 2 nitrogen and oxygen atoms in total. The van der Waals surface area contributed by atoms with E-state index >= 15 is 0 Å². The topological polar surface area (TPSA) is 18.5 Å². The highest BCUT2D eigenvalue weighted by Crippen LogP contribution is 2.83. The zero-order valence-corrected chi connectivity index (χ0v) is 18.7. The smallest absolute Gasteiger partial charge is 0.147 e. The van der Waals surface area contributed by atoms with Crippen molar-refractivity contribution in [3.63, 3.8) is 0 Å². The molecule has 1 aliphatic heterocycles. The van der Waals surface area contributed by atoms with Gasteiger partial charge in [0.05, 0.1) is 14.2 Å². The van der Waals surface area contributed by atoms with E-state index in [1.165, 1.54) is 19.3 Å². The number of ether oxygens (including phenoxy) is 2. The summed E-state index contributed by atoms with van der Waals surface area (Å²) < 4.78 is 11.8. The van der Waals surface area contributed by atoms with Crippen molar-refractivity contribution >= 4 is 8.07 Å². The first kappa shape index (κ1) is 20.4. The van der Waals surface area contributed by atoms with Gasteiger partial charge in [0.25, 0.3) is 0 Å². The zero-order chi connectivity index (χ0) is 18.3. The van der Waals surface area contributed by atoms with Gasteiger partial charge in [-0.3, -0.25) is 0 Å². The van der Waals surface area contributed by atoms with E-state index < -0.39 is 8.07 Å². The minimum Gasteiger partial charge on any atom is -0.356 e. The first-order valence-electron chi connectivity index (χ1n) is 10.2. The highest BCUT2D eigenvalue weighted by molar-refractivity contribution is 6.97. The van der Waals surface area contributed by atoms with Gasteiger partial charge in [0.1, 0.15) is 6.79 Å². The second-order valence-corrected chi connectivity index (χ2v) is 16.7. The summed E-state index contributed by atoms with van der Waals surface area (Å²) in [5.74, 6) is 1.32. The molecular weight excluding hydrogens is 312 g/mol. The van der Waals surface area contributed by atoms with E-state index in [9.17, 15) is 0 Å². The Morgan fingerprint density at radius 1 is 1.00 bits per heavy atom. The summed E-state index contributed by atoms with van der Waals surface area (Å²) in [4.78, 5) is 0. The summed E-state index contributed by atoms with van der Waals surface area (Å²) in [5, 5.41) is 0.954. The Morgan fingerprint density at radius 3 is 2.04 bits per heavy atom. The third-order valence-electron chi connectivity index (χ3n) is 7.06. The molecule has 0 aromatic rings. The van der Waals surface area contributed by atoms with E-state index in [1.54, 1.807) is 0 Å². The van der Waals surface area contributed by atoms with Gasteiger partial charge < -0.3 is 9.47 Å². The van der Waals surface area contributed by atoms with E-state index in [0.29, 0.717) is 28.9 Å². The fraction of sp³-hybridized carbons (Fsp3) is 1.00. The molecule has 0 aromatic heterocycles. The van der Waals surface area contributed by atoms with Crippen molar-refractivity contribution in [2.75, 3.05) is 13.4 Å². The molecule has 0 radical (unpaired) electrons. The summed E-state index contributed by atoms with van der Waals surface area (Å²) >= 11 is 0. The lowest BCUT2D eigenvalue weighted by atomic mass is 9.81. The molecule has 1 saturated heterocycles. The molecule has 1 heterocycles. The molecule has 4 atom stereocenters. The normalized spacial score (nSPS) is 31.0. The largest absolute Gasteiger partial charge is 0.356 e. The monoisotopic (exact) mass is 354 g/mol. The van der Waals surface area contributed by atoms with Crippen LogP contribution >= 0.6 is 0 Å². The first-order valence-corrected chi connectivity index (χ1v) is 12.3. The van der Waals surface area contributed by atoms with Crippen molar-refractivity contribution in [1.82, 2.24) is 0 Å². The molecule has 24 heavy (non-hydrogen) atoms. The first-order chi connectivity index (χ1) is 11.0. The molecule has 0 amide bonds. The minimum absolute atomic E-state index is 0.364. The van der Waals surface area contributed by atoms with E-state index in [0.717, 1.165) is 23.6 Å². The molecule has 2 fully saturated rings. The van der Waals surface area contributed by atoms with Crippen LogP contribution in [0, 0.1) is 11.8 Å². The van der Waals surface area contributed by atoms with Crippen LogP contribution < -0.4 is 0 Å². The van der Waals surface area contributed by atoms with Crippen LogP contribution in [0.2, 0.25) is 21.2 Å². The third kappa shape index (κ3) is 3.25. The highest BCUT2D eigenvalue weighted by Gasteiger charge is 2.78. The summed E-state index contributed by atoms with van der Waals surface area (Å²) in [6.07, 6.45) is 4.59. The van der Waals surface area contributed by atoms with Crippen LogP contribution in [-0.4, -0.2) is 27.6 Å². The maximum atomic E-state index is 6.30. The van der Waals surface area contributed by atoms with Crippen molar-refractivity contribution in [3.05, 3.63) is 0 Å². The number of hydrogen-bond acceptors (Lipinski definition) is 2. The van der Waals surface area contributed by atoms with Crippen LogP contribution in [0.25, 0.3) is 0 Å². The Hall–Kier alpha value is 0.137. The summed E-state index contributed by atoms with van der Waals surface area (Å²) in [6.45, 7) is 23.1. The van der Waals surface area contributed by atoms with Crippen LogP contribution in [-0.2, 0) is 9.47 Å². The van der Waals surface area contributed by atoms with Gasteiger partial charge in [0.2, 0.25) is 0 Å². The van der Waals surface area contributed by atoms with Gasteiger partial charge in [0, 0.05) is 6.61 Å². The molecule has 0 unspecified atom stereocenters. The average molecular weight is 355 g/mol. The number of fused-ring (bicyclic) bond motifs is 1. The fourth-order valence-corrected chi connectivity index (χ4v) is 17.0. The van der Waals surface area contributed by atoms with Crippen LogP contribution in [0.1, 0.15) is 81.6 Å². The molecule has 2 rings (SSSR count). The molecule has 1 saturated carbocycles. The second-order valence-electron chi connectivity index (χ2n) is 10.6. The lowest BCUT2D eigenvalue weighted by molar-refractivity contribution is -0.121. The Morgan fingerprint density at radius 2 is 1.58 bits per heavy atom. The van der Waals surface area contributed by atoms with Gasteiger partial charge in [-0.25, -0.2) is 0 Å². The van der Waals surface area contributed by atoms with Gasteiger partial charge in [-0.2, -0.15) is 0 Å². The maximum Gasteiger partial charge on any atom is 0.147 e. The van der Waals surface area contributed by atoms with Crippen molar-refractivity contribution in [1.29, 1.82) is 0 Å². The quantitative estimate of drug-likeness (QED) is 0.303. The molecule has 2 aliphatic rings. The van der Waals surface area contributed by atoms with Gasteiger partial charge in [-0.1, -0.05) is 68.2 Å². The molecule has 0 N–H and O–H groups in total. The van der Waals surface area contributed by atoms with Crippen molar-refractivity contribution in [2.24, 2.45) is 11.8 Å². The van der Waals surface area contributed by atoms with Gasteiger partial charge in [-0.15, -0.1) is 0 Å². The van der Waals surface area contributed by atoms with Crippen LogP contribution in [0.15, 0.2) is 0 Å². The van der Waals surface area contributed by atoms with E-state index in [4.69, 9.17) is 9.47 Å². The molecule has 1 aliphatic carbocycles. The Bertz CT molecular complexity index is 405. The fourth-order valence-electron chi connectivity index (χ4n) is 6.91. The highest BCUT2D eigenvalue weighted by atomic mass is 28.3. The van der Waals surface area contributed by atoms with Gasteiger partial charge in [-0.05, 0) is 46.3 Å². The summed E-state index contributed by atoms with van der Waals surface area (Å²) in [6, 6.07) is 0. The molecule has 3 heteroatoms. The Balaban J connectivity index is 2.29. The average Bonchev–Trinajstić information content (AvgIpc) is 3.13. The molecule has 0 aromatic carbocycles. The predicted octanol–water partition coefficient (Wildman–Crippen LogP) is 6.62. The van der Waals surface area contributed by atoms with Gasteiger partial charge >= 0.3 is 0 Å². The molecule has 142 valence electrons. The predicted molar refractivity (Wildman–Crippen MR) is 106 cm³/mol. The van der Waals surface area contributed by atoms with Crippen molar-refractivity contribution < 1.29 is 9.47 Å². The Kier molecular flexibility index (Phi) is 6.00. The van der Waals surface area contributed by atoms with Crippen LogP contribution in [0.3, 0.4) is 0 Å². The van der Waals surface area contributed by atoms with Crippen molar-refractivity contribution in [2.45, 2.75) is 109 Å². The third-order valence-corrected chi connectivity index (χ3v) is 15.3. The maximum absolute atomic E-state index is 6.30. The number of hydrogen-bond donors (Lipinski definition) is 0. The lowest BCUT2D eigenvalue weighted by Crippen LogP contribution is -2.43. The van der Waals surface area contributed by atoms with Crippen LogP contribution in [0.5, 0.6) is 0 Å². The lowest BCUT2D eigenvalue weighted by Gasteiger charge is -2.44. The zero-order valence-electron chi connectivity index (χ0n) is 17.7. The van der Waals surface area contributed by atoms with Crippen LogP contribution in [0.4, 0.5) is 0 Å². The van der Waals surface area contributed by atoms with E-state index in [2.05, 4.69) is 55.4 Å². The van der Waals surface area contributed by atoms with Crippen molar-refractivity contribution in [3.8, 4) is 0 Å². The Labute approximate surface area is 152 Å². The minimum atomic E-state index is -1.39. The van der Waals surface area contributed by atoms with E-state index in [1.807, 2.05) is 6.92 Å². The molecular formula is C21H42O2Si. The molecule has 0 bridgehead atoms.